The minimum Gasteiger partial charge on any atom is -0.349 e. The Balaban J connectivity index is 1.12. The molecule has 1 aliphatic heterocycles. The van der Waals surface area contributed by atoms with Crippen LogP contribution in [0.3, 0.4) is 0 Å². The minimum atomic E-state index is 0.0754. The van der Waals surface area contributed by atoms with Gasteiger partial charge in [0.05, 0.1) is 17.6 Å². The largest absolute Gasteiger partial charge is 0.349 e. The SMILES string of the molecule is Cc1cc2nc(CNC(=O)C[C@H]3CC[C@H]4[C@@H]5CC[C@H]6N(C)C(=O)C=C[C@]6(C)[C@H]5CC[C@]34C)[nH]c2cc1C. The van der Waals surface area contributed by atoms with Gasteiger partial charge < -0.3 is 15.2 Å². The van der Waals surface area contributed by atoms with Crippen molar-refractivity contribution in [3.05, 3.63) is 41.2 Å². The lowest BCUT2D eigenvalue weighted by atomic mass is 9.47. The number of hydrogen-bond acceptors (Lipinski definition) is 3. The van der Waals surface area contributed by atoms with Crippen LogP contribution in [0.15, 0.2) is 24.3 Å². The molecule has 0 spiro atoms. The van der Waals surface area contributed by atoms with Crippen molar-refractivity contribution in [2.45, 2.75) is 85.2 Å². The highest BCUT2D eigenvalue weighted by atomic mass is 16.2. The van der Waals surface area contributed by atoms with Crippen molar-refractivity contribution in [3.63, 3.8) is 0 Å². The highest BCUT2D eigenvalue weighted by Crippen LogP contribution is 2.65. The fraction of sp³-hybridized carbons (Fsp3) is 0.645. The molecule has 7 atom stereocenters. The molecule has 6 nitrogen and oxygen atoms in total. The van der Waals surface area contributed by atoms with Gasteiger partial charge in [0.25, 0.3) is 0 Å². The molecule has 1 aromatic heterocycles. The van der Waals surface area contributed by atoms with Gasteiger partial charge in [-0.3, -0.25) is 9.59 Å². The second-order valence-electron chi connectivity index (χ2n) is 13.1. The fourth-order valence-electron chi connectivity index (χ4n) is 9.07. The van der Waals surface area contributed by atoms with E-state index >= 15 is 0 Å². The van der Waals surface area contributed by atoms with Gasteiger partial charge in [-0.25, -0.2) is 4.98 Å². The number of fused-ring (bicyclic) bond motifs is 6. The molecule has 2 amide bonds. The molecule has 37 heavy (non-hydrogen) atoms. The maximum absolute atomic E-state index is 13.1. The maximum atomic E-state index is 13.1. The Morgan fingerprint density at radius 1 is 1.11 bits per heavy atom. The molecular formula is C31H42N4O2. The van der Waals surface area contributed by atoms with Crippen molar-refractivity contribution < 1.29 is 9.59 Å². The molecule has 0 saturated heterocycles. The number of amides is 2. The van der Waals surface area contributed by atoms with E-state index in [4.69, 9.17) is 4.98 Å². The minimum absolute atomic E-state index is 0.0754. The molecule has 6 heteroatoms. The van der Waals surface area contributed by atoms with Gasteiger partial charge in [0.2, 0.25) is 11.8 Å². The zero-order chi connectivity index (χ0) is 26.1. The number of benzene rings is 1. The summed E-state index contributed by atoms with van der Waals surface area (Å²) in [6.45, 7) is 9.53. The second-order valence-corrected chi connectivity index (χ2v) is 13.1. The Morgan fingerprint density at radius 2 is 1.89 bits per heavy atom. The molecule has 198 valence electrons. The van der Waals surface area contributed by atoms with Gasteiger partial charge >= 0.3 is 0 Å². The van der Waals surface area contributed by atoms with Crippen molar-refractivity contribution in [2.24, 2.45) is 34.5 Å². The van der Waals surface area contributed by atoms with Crippen LogP contribution < -0.4 is 5.32 Å². The third-order valence-electron chi connectivity index (χ3n) is 11.4. The quantitative estimate of drug-likeness (QED) is 0.584. The standard InChI is InChI=1S/C31H42N4O2/c1-18-14-24-25(15-19(18)2)34-27(33-24)17-32-28(36)16-20-6-8-22-21-7-9-26-31(4,13-11-29(37)35(26)5)23(21)10-12-30(20,22)3/h11,13-15,20-23,26H,6-10,12,16-17H2,1-5H3,(H,32,36)(H,33,34)/t20-,21+,22+,23+,26-,30-,31-/m1/s1. The maximum Gasteiger partial charge on any atom is 0.246 e. The summed E-state index contributed by atoms with van der Waals surface area (Å²) in [5, 5.41) is 3.16. The first-order valence-corrected chi connectivity index (χ1v) is 14.3. The van der Waals surface area contributed by atoms with Gasteiger partial charge in [0.1, 0.15) is 5.82 Å². The second kappa shape index (κ2) is 8.71. The first-order chi connectivity index (χ1) is 17.6. The molecule has 3 saturated carbocycles. The number of imidazole rings is 1. The Hall–Kier alpha value is -2.63. The third-order valence-corrected chi connectivity index (χ3v) is 11.4. The Labute approximate surface area is 220 Å². The normalized spacial score (nSPS) is 36.8. The van der Waals surface area contributed by atoms with Gasteiger partial charge in [-0.1, -0.05) is 19.9 Å². The van der Waals surface area contributed by atoms with Crippen molar-refractivity contribution >= 4 is 22.8 Å². The lowest BCUT2D eigenvalue weighted by Crippen LogP contribution is -2.59. The molecule has 6 rings (SSSR count). The number of carbonyl (C=O) groups excluding carboxylic acids is 2. The van der Waals surface area contributed by atoms with Crippen LogP contribution in [0.4, 0.5) is 0 Å². The molecule has 3 fully saturated rings. The summed E-state index contributed by atoms with van der Waals surface area (Å²) >= 11 is 0. The predicted octanol–water partition coefficient (Wildman–Crippen LogP) is 5.44. The molecule has 2 aromatic rings. The summed E-state index contributed by atoms with van der Waals surface area (Å²) in [5.41, 5.74) is 4.77. The number of nitrogens with zero attached hydrogens (tertiary/aromatic N) is 2. The van der Waals surface area contributed by atoms with Crippen LogP contribution in [0.2, 0.25) is 0 Å². The number of aryl methyl sites for hydroxylation is 2. The number of aromatic nitrogens is 2. The monoisotopic (exact) mass is 502 g/mol. The molecule has 3 aliphatic carbocycles. The average molecular weight is 503 g/mol. The van der Waals surface area contributed by atoms with E-state index in [0.717, 1.165) is 29.7 Å². The number of carbonyl (C=O) groups is 2. The first kappa shape index (κ1) is 24.7. The van der Waals surface area contributed by atoms with Crippen LogP contribution in [0.25, 0.3) is 11.0 Å². The zero-order valence-corrected chi connectivity index (χ0v) is 23.1. The number of hydrogen-bond donors (Lipinski definition) is 2. The molecule has 1 aromatic carbocycles. The number of rotatable bonds is 4. The fourth-order valence-corrected chi connectivity index (χ4v) is 9.07. The van der Waals surface area contributed by atoms with Crippen LogP contribution >= 0.6 is 0 Å². The average Bonchev–Trinajstić information content (AvgIpc) is 3.40. The van der Waals surface area contributed by atoms with Gasteiger partial charge in [0, 0.05) is 24.9 Å². The summed E-state index contributed by atoms with van der Waals surface area (Å²) < 4.78 is 0. The van der Waals surface area contributed by atoms with Crippen LogP contribution in [0.1, 0.15) is 75.7 Å². The zero-order valence-electron chi connectivity index (χ0n) is 23.1. The summed E-state index contributed by atoms with van der Waals surface area (Å²) in [5.74, 6) is 3.56. The number of H-pyrrole nitrogens is 1. The highest BCUT2D eigenvalue weighted by molar-refractivity contribution is 5.89. The number of nitrogens with one attached hydrogen (secondary N) is 2. The Morgan fingerprint density at radius 3 is 2.70 bits per heavy atom. The topological polar surface area (TPSA) is 78.1 Å². The molecule has 4 aliphatic rings. The van der Waals surface area contributed by atoms with Crippen LogP contribution in [-0.2, 0) is 16.1 Å². The van der Waals surface area contributed by atoms with Crippen LogP contribution in [0, 0.1) is 48.3 Å². The van der Waals surface area contributed by atoms with Crippen molar-refractivity contribution in [1.29, 1.82) is 0 Å². The predicted molar refractivity (Wildman–Crippen MR) is 146 cm³/mol. The van der Waals surface area contributed by atoms with E-state index in [1.165, 1.54) is 36.8 Å². The van der Waals surface area contributed by atoms with E-state index in [1.54, 1.807) is 0 Å². The number of aromatic amines is 1. The van der Waals surface area contributed by atoms with Crippen LogP contribution in [-0.4, -0.2) is 39.8 Å². The van der Waals surface area contributed by atoms with Crippen LogP contribution in [0.5, 0.6) is 0 Å². The lowest BCUT2D eigenvalue weighted by molar-refractivity contribution is -0.139. The van der Waals surface area contributed by atoms with E-state index in [-0.39, 0.29) is 22.6 Å². The summed E-state index contributed by atoms with van der Waals surface area (Å²) in [4.78, 5) is 35.5. The van der Waals surface area contributed by atoms with E-state index in [2.05, 4.69) is 56.2 Å². The summed E-state index contributed by atoms with van der Waals surface area (Å²) in [6.07, 6.45) is 11.8. The molecule has 0 radical (unpaired) electrons. The lowest BCUT2D eigenvalue weighted by Gasteiger charge is -2.60. The summed E-state index contributed by atoms with van der Waals surface area (Å²) in [7, 11) is 1.99. The van der Waals surface area contributed by atoms with E-state index in [0.29, 0.717) is 42.7 Å². The van der Waals surface area contributed by atoms with Gasteiger partial charge in [0.15, 0.2) is 0 Å². The smallest absolute Gasteiger partial charge is 0.246 e. The van der Waals surface area contributed by atoms with Gasteiger partial charge in [-0.05, 0) is 111 Å². The van der Waals surface area contributed by atoms with E-state index in [9.17, 15) is 9.59 Å². The molecule has 2 N–H and O–H groups in total. The van der Waals surface area contributed by atoms with Crippen molar-refractivity contribution in [3.8, 4) is 0 Å². The molecule has 2 heterocycles. The summed E-state index contributed by atoms with van der Waals surface area (Å²) in [6, 6.07) is 4.56. The van der Waals surface area contributed by atoms with E-state index < -0.39 is 0 Å². The van der Waals surface area contributed by atoms with Gasteiger partial charge in [-0.2, -0.15) is 0 Å². The first-order valence-electron chi connectivity index (χ1n) is 14.3. The van der Waals surface area contributed by atoms with Crippen molar-refractivity contribution in [2.75, 3.05) is 7.05 Å². The van der Waals surface area contributed by atoms with E-state index in [1.807, 2.05) is 18.0 Å². The Bertz CT molecular complexity index is 1240. The van der Waals surface area contributed by atoms with Gasteiger partial charge in [-0.15, -0.1) is 0 Å². The number of likely N-dealkylation sites (N-methyl/N-ethyl adjacent to an activating group) is 1. The molecule has 0 bridgehead atoms. The Kier molecular flexibility index (Phi) is 5.81. The molecular weight excluding hydrogens is 460 g/mol. The highest BCUT2D eigenvalue weighted by Gasteiger charge is 2.60. The third kappa shape index (κ3) is 3.85. The molecule has 0 unspecified atom stereocenters. The van der Waals surface area contributed by atoms with Crippen molar-refractivity contribution in [1.82, 2.24) is 20.2 Å².